The number of halogens is 1. The Hall–Kier alpha value is -5.40. The van der Waals surface area contributed by atoms with Crippen LogP contribution in [0.25, 0.3) is 11.3 Å². The Balaban J connectivity index is 0.750. The second-order valence-electron chi connectivity index (χ2n) is 16.5. The summed E-state index contributed by atoms with van der Waals surface area (Å²) in [7, 11) is 0. The Morgan fingerprint density at radius 1 is 0.828 bits per heavy atom. The van der Waals surface area contributed by atoms with E-state index in [9.17, 15) is 19.2 Å². The van der Waals surface area contributed by atoms with Crippen molar-refractivity contribution in [3.8, 4) is 11.3 Å². The van der Waals surface area contributed by atoms with Gasteiger partial charge in [-0.05, 0) is 112 Å². The smallest absolute Gasteiger partial charge is 0.249 e. The summed E-state index contributed by atoms with van der Waals surface area (Å²) in [4.78, 5) is 70.8. The van der Waals surface area contributed by atoms with Crippen LogP contribution >= 0.6 is 11.6 Å². The number of amides is 4. The first-order valence-electron chi connectivity index (χ1n) is 20.6. The number of aromatic nitrogens is 3. The van der Waals surface area contributed by atoms with Crippen LogP contribution in [0.2, 0.25) is 5.02 Å². The number of imide groups is 1. The second-order valence-corrected chi connectivity index (χ2v) is 16.9. The van der Waals surface area contributed by atoms with Gasteiger partial charge in [0.1, 0.15) is 6.04 Å². The fraction of sp³-hybridized carbons (Fsp3) is 0.432. The van der Waals surface area contributed by atoms with Gasteiger partial charge in [0.05, 0.1) is 52.6 Å². The maximum atomic E-state index is 14.0. The van der Waals surface area contributed by atoms with Crippen molar-refractivity contribution < 1.29 is 19.2 Å². The lowest BCUT2D eigenvalue weighted by atomic mass is 9.77. The number of hydrogen-bond donors (Lipinski definition) is 3. The fourth-order valence-electron chi connectivity index (χ4n) is 9.07. The summed E-state index contributed by atoms with van der Waals surface area (Å²) < 4.78 is 0. The zero-order valence-corrected chi connectivity index (χ0v) is 33.2. The Kier molecular flexibility index (Phi) is 10.6. The number of rotatable bonds is 10. The van der Waals surface area contributed by atoms with Crippen LogP contribution in [0.4, 0.5) is 23.0 Å². The monoisotopic (exact) mass is 801 g/mol. The van der Waals surface area contributed by atoms with Crippen molar-refractivity contribution in [1.82, 2.24) is 30.1 Å². The van der Waals surface area contributed by atoms with E-state index in [1.165, 1.54) is 24.0 Å². The van der Waals surface area contributed by atoms with Gasteiger partial charge in [-0.3, -0.25) is 34.4 Å². The molecule has 1 spiro atoms. The van der Waals surface area contributed by atoms with E-state index in [4.69, 9.17) is 16.6 Å². The second kappa shape index (κ2) is 16.1. The minimum atomic E-state index is -0.477. The van der Waals surface area contributed by atoms with Crippen molar-refractivity contribution in [2.75, 3.05) is 54.8 Å². The van der Waals surface area contributed by atoms with E-state index in [0.29, 0.717) is 86.1 Å². The number of nitrogens with zero attached hydrogens (tertiary/aromatic N) is 6. The van der Waals surface area contributed by atoms with Gasteiger partial charge in [-0.25, -0.2) is 9.97 Å². The van der Waals surface area contributed by atoms with Gasteiger partial charge in [-0.2, -0.15) is 0 Å². The molecule has 1 atom stereocenters. The highest BCUT2D eigenvalue weighted by Crippen LogP contribution is 2.44. The summed E-state index contributed by atoms with van der Waals surface area (Å²) in [6.07, 6.45) is 12.3. The summed E-state index contributed by atoms with van der Waals surface area (Å²) >= 11 is 6.56. The molecule has 6 heterocycles. The third kappa shape index (κ3) is 8.15. The number of carbonyl (C=O) groups excluding carboxylic acids is 4. The van der Waals surface area contributed by atoms with Gasteiger partial charge in [0, 0.05) is 37.3 Å². The molecule has 4 aromatic rings. The molecule has 5 fully saturated rings. The lowest BCUT2D eigenvalue weighted by Crippen LogP contribution is -2.49. The number of pyridine rings is 1. The van der Waals surface area contributed by atoms with Gasteiger partial charge in [0.15, 0.2) is 0 Å². The number of nitrogens with one attached hydrogen (secondary N) is 3. The van der Waals surface area contributed by atoms with Gasteiger partial charge in [0.2, 0.25) is 29.6 Å². The van der Waals surface area contributed by atoms with E-state index in [1.54, 1.807) is 18.6 Å². The molecule has 58 heavy (non-hydrogen) atoms. The van der Waals surface area contributed by atoms with Gasteiger partial charge in [-0.15, -0.1) is 0 Å². The maximum absolute atomic E-state index is 14.0. The molecule has 1 saturated carbocycles. The maximum Gasteiger partial charge on any atom is 0.249 e. The molecular weight excluding hydrogens is 754 g/mol. The van der Waals surface area contributed by atoms with Crippen LogP contribution in [-0.4, -0.2) is 93.7 Å². The molecule has 3 N–H and O–H groups in total. The van der Waals surface area contributed by atoms with E-state index >= 15 is 0 Å². The predicted octanol–water partition coefficient (Wildman–Crippen LogP) is 6.26. The van der Waals surface area contributed by atoms with Crippen LogP contribution in [0.3, 0.4) is 0 Å². The molecular formula is C44H48ClN9O4. The average molecular weight is 802 g/mol. The fourth-order valence-corrected chi connectivity index (χ4v) is 9.27. The first-order valence-corrected chi connectivity index (χ1v) is 20.9. The van der Waals surface area contributed by atoms with E-state index in [0.717, 1.165) is 49.3 Å². The Morgan fingerprint density at radius 2 is 1.59 bits per heavy atom. The van der Waals surface area contributed by atoms with E-state index in [1.807, 2.05) is 40.1 Å². The molecule has 2 aromatic heterocycles. The Morgan fingerprint density at radius 3 is 2.34 bits per heavy atom. The van der Waals surface area contributed by atoms with E-state index in [2.05, 4.69) is 55.1 Å². The molecule has 1 aliphatic carbocycles. The normalized spacial score (nSPS) is 21.3. The molecule has 13 nitrogen and oxygen atoms in total. The van der Waals surface area contributed by atoms with Gasteiger partial charge < -0.3 is 20.4 Å². The van der Waals surface area contributed by atoms with E-state index in [-0.39, 0.29) is 23.6 Å². The largest absolute Gasteiger partial charge is 0.374 e. The van der Waals surface area contributed by atoms with Crippen LogP contribution in [-0.2, 0) is 19.2 Å². The standard InChI is InChI=1S/C44H48ClN9O4/c45-36-26-47-43(51-40(36)32-3-1-2-31(22-32)29-4-5-29)49-34-23-35(25-46-24-34)54-21-16-44(42(54)58)14-19-53(20-15-44)39(56)27-52-17-12-30(13-18-52)28-6-8-33(9-7-28)48-37-10-11-38(55)50-41(37)57/h1-3,6-9,22-26,29-30,37,48H,4-5,10-21,27H2,(H,47,49,51)(H,50,55,57). The summed E-state index contributed by atoms with van der Waals surface area (Å²) in [6.45, 7) is 3.84. The minimum Gasteiger partial charge on any atom is -0.374 e. The van der Waals surface area contributed by atoms with Gasteiger partial charge >= 0.3 is 0 Å². The number of carbonyl (C=O) groups is 4. The van der Waals surface area contributed by atoms with Crippen molar-refractivity contribution in [3.63, 3.8) is 0 Å². The number of hydrogen-bond acceptors (Lipinski definition) is 10. The van der Waals surface area contributed by atoms with Crippen LogP contribution in [0.5, 0.6) is 0 Å². The average Bonchev–Trinajstić information content (AvgIpc) is 4.05. The van der Waals surface area contributed by atoms with Gasteiger partial charge in [0.25, 0.3) is 0 Å². The number of likely N-dealkylation sites (tertiary alicyclic amines) is 2. The Labute approximate surface area is 343 Å². The molecule has 9 rings (SSSR count). The van der Waals surface area contributed by atoms with Crippen LogP contribution in [0, 0.1) is 5.41 Å². The zero-order chi connectivity index (χ0) is 39.8. The van der Waals surface area contributed by atoms with Crippen LogP contribution < -0.4 is 20.9 Å². The van der Waals surface area contributed by atoms with Crippen molar-refractivity contribution >= 4 is 58.2 Å². The molecule has 4 amide bonds. The molecule has 0 bridgehead atoms. The predicted molar refractivity (Wildman–Crippen MR) is 222 cm³/mol. The molecule has 0 radical (unpaired) electrons. The van der Waals surface area contributed by atoms with Crippen molar-refractivity contribution in [1.29, 1.82) is 0 Å². The first-order chi connectivity index (χ1) is 28.2. The highest BCUT2D eigenvalue weighted by molar-refractivity contribution is 6.32. The summed E-state index contributed by atoms with van der Waals surface area (Å²) in [6, 6.07) is 18.1. The topological polar surface area (TPSA) is 153 Å². The molecule has 5 aliphatic rings. The third-order valence-electron chi connectivity index (χ3n) is 12.7. The molecule has 300 valence electrons. The van der Waals surface area contributed by atoms with Crippen molar-refractivity contribution in [2.45, 2.75) is 75.7 Å². The number of anilines is 4. The molecule has 4 aliphatic heterocycles. The summed E-state index contributed by atoms with van der Waals surface area (Å²) in [5, 5.41) is 9.38. The quantitative estimate of drug-likeness (QED) is 0.157. The molecule has 1 unspecified atom stereocenters. The number of benzene rings is 2. The molecule has 4 saturated heterocycles. The van der Waals surface area contributed by atoms with Crippen LogP contribution in [0.1, 0.15) is 80.8 Å². The van der Waals surface area contributed by atoms with Gasteiger partial charge in [-0.1, -0.05) is 41.9 Å². The summed E-state index contributed by atoms with van der Waals surface area (Å²) in [5.41, 5.74) is 5.96. The minimum absolute atomic E-state index is 0.0981. The highest BCUT2D eigenvalue weighted by Gasteiger charge is 2.49. The van der Waals surface area contributed by atoms with Crippen molar-refractivity contribution in [3.05, 3.63) is 89.3 Å². The lowest BCUT2D eigenvalue weighted by molar-refractivity contribution is -0.138. The molecule has 14 heteroatoms. The van der Waals surface area contributed by atoms with E-state index < -0.39 is 11.5 Å². The molecule has 2 aromatic carbocycles. The van der Waals surface area contributed by atoms with Crippen LogP contribution in [0.15, 0.2) is 73.2 Å². The summed E-state index contributed by atoms with van der Waals surface area (Å²) in [5.74, 6) is 1.15. The lowest BCUT2D eigenvalue weighted by Gasteiger charge is -2.39. The SMILES string of the molecule is O=C1CCC(Nc2ccc(C3CCN(CC(=O)N4CCC5(CC4)CCN(c4cncc(Nc6ncc(Cl)c(-c7cccc(C8CC8)c7)n6)c4)C5=O)CC3)cc2)C(=O)N1. The highest BCUT2D eigenvalue weighted by atomic mass is 35.5. The first kappa shape index (κ1) is 38.1. The zero-order valence-electron chi connectivity index (χ0n) is 32.5. The number of piperidine rings is 3. The Bertz CT molecular complexity index is 2210. The van der Waals surface area contributed by atoms with Crippen molar-refractivity contribution in [2.24, 2.45) is 5.41 Å². The third-order valence-corrected chi connectivity index (χ3v) is 13.0.